The Kier molecular flexibility index (Phi) is 10.5. The summed E-state index contributed by atoms with van der Waals surface area (Å²) in [5, 5.41) is 4.56. The van der Waals surface area contributed by atoms with Gasteiger partial charge in [0, 0.05) is 25.6 Å². The van der Waals surface area contributed by atoms with Crippen molar-refractivity contribution >= 4 is 52.3 Å². The topological polar surface area (TPSA) is 45.2 Å². The number of benzene rings is 1. The van der Waals surface area contributed by atoms with Gasteiger partial charge in [0.2, 0.25) is 5.91 Å². The van der Waals surface area contributed by atoms with Gasteiger partial charge in [0.25, 0.3) is 0 Å². The van der Waals surface area contributed by atoms with Crippen LogP contribution in [0.4, 0.5) is 0 Å². The van der Waals surface area contributed by atoms with Crippen molar-refractivity contribution < 1.29 is 4.79 Å². The molecule has 3 rings (SSSR count). The van der Waals surface area contributed by atoms with E-state index in [1.165, 1.54) is 9.71 Å². The van der Waals surface area contributed by atoms with Crippen LogP contribution in [-0.4, -0.2) is 41.5 Å². The zero-order chi connectivity index (χ0) is 16.8. The van der Waals surface area contributed by atoms with Crippen LogP contribution in [0.2, 0.25) is 0 Å². The lowest BCUT2D eigenvalue weighted by Crippen LogP contribution is -2.41. The lowest BCUT2D eigenvalue weighted by Gasteiger charge is -2.28. The summed E-state index contributed by atoms with van der Waals surface area (Å²) in [7, 11) is 0. The second-order valence-electron chi connectivity index (χ2n) is 6.52. The molecule has 7 heteroatoms. The molecule has 0 spiro atoms. The predicted octanol–water partition coefficient (Wildman–Crippen LogP) is 4.45. The summed E-state index contributed by atoms with van der Waals surface area (Å²) in [5.74, 6) is 0.329. The van der Waals surface area contributed by atoms with E-state index in [0.717, 1.165) is 57.3 Å². The van der Waals surface area contributed by atoms with Gasteiger partial charge >= 0.3 is 0 Å². The summed E-state index contributed by atoms with van der Waals surface area (Å²) in [6, 6.07) is 8.69. The maximum Gasteiger partial charge on any atom is 0.222 e. The molecule has 0 radical (unpaired) electrons. The average molecular weight is 418 g/mol. The van der Waals surface area contributed by atoms with E-state index in [2.05, 4.69) is 40.3 Å². The fourth-order valence-electron chi connectivity index (χ4n) is 3.38. The summed E-state index contributed by atoms with van der Waals surface area (Å²) in [6.07, 6.45) is 5.77. The Morgan fingerprint density at radius 1 is 1.31 bits per heavy atom. The number of halogens is 2. The summed E-state index contributed by atoms with van der Waals surface area (Å²) < 4.78 is 1.26. The van der Waals surface area contributed by atoms with Crippen LogP contribution in [0.5, 0.6) is 0 Å². The molecule has 1 N–H and O–H groups in total. The van der Waals surface area contributed by atoms with Crippen molar-refractivity contribution in [3.63, 3.8) is 0 Å². The number of para-hydroxylation sites is 1. The van der Waals surface area contributed by atoms with Crippen molar-refractivity contribution in [2.45, 2.75) is 51.5 Å². The number of aryl methyl sites for hydroxylation is 1. The Hall–Kier alpha value is -0.880. The number of nitrogens with one attached hydrogen (secondary N) is 1. The second-order valence-corrected chi connectivity index (χ2v) is 7.63. The van der Waals surface area contributed by atoms with E-state index in [1.807, 2.05) is 6.07 Å². The number of carbonyl (C=O) groups is 1. The zero-order valence-electron chi connectivity index (χ0n) is 15.3. The molecule has 1 atom stereocenters. The number of amides is 1. The largest absolute Gasteiger partial charge is 0.338 e. The molecule has 1 aliphatic rings. The standard InChI is InChI=1S/C19H27N3OS.2ClH/c1-2-13-22(15-11-12-20-14-15)19(23)10-6-5-9-18-21-16-7-3-4-8-17(16)24-18;;/h3-4,7-8,15,20H,2,5-6,9-14H2,1H3;2*1H. The zero-order valence-corrected chi connectivity index (χ0v) is 17.7. The fraction of sp³-hybridized carbons (Fsp3) is 0.579. The number of hydrogen-bond donors (Lipinski definition) is 1. The first-order valence-corrected chi connectivity index (χ1v) is 9.94. The number of rotatable bonds is 8. The van der Waals surface area contributed by atoms with Gasteiger partial charge in [0.1, 0.15) is 0 Å². The van der Waals surface area contributed by atoms with Crippen molar-refractivity contribution in [3.05, 3.63) is 29.3 Å². The van der Waals surface area contributed by atoms with E-state index < -0.39 is 0 Å². The SMILES string of the molecule is CCCN(C(=O)CCCCc1nc2ccccc2s1)C1CCNC1.Cl.Cl. The van der Waals surface area contributed by atoms with Crippen molar-refractivity contribution in [1.29, 1.82) is 0 Å². The molecule has 1 aromatic heterocycles. The third kappa shape index (κ3) is 6.08. The van der Waals surface area contributed by atoms with Gasteiger partial charge in [0.15, 0.2) is 0 Å². The van der Waals surface area contributed by atoms with Gasteiger partial charge in [-0.05, 0) is 50.8 Å². The van der Waals surface area contributed by atoms with Gasteiger partial charge in [-0.15, -0.1) is 36.2 Å². The van der Waals surface area contributed by atoms with Gasteiger partial charge in [-0.3, -0.25) is 4.79 Å². The van der Waals surface area contributed by atoms with Crippen LogP contribution >= 0.6 is 36.2 Å². The maximum atomic E-state index is 12.6. The van der Waals surface area contributed by atoms with Gasteiger partial charge in [-0.2, -0.15) is 0 Å². The Bertz CT molecular complexity index is 641. The van der Waals surface area contributed by atoms with E-state index in [4.69, 9.17) is 0 Å². The van der Waals surface area contributed by atoms with Crippen molar-refractivity contribution in [3.8, 4) is 0 Å². The van der Waals surface area contributed by atoms with Crippen LogP contribution in [0.1, 0.15) is 44.0 Å². The molecule has 0 bridgehead atoms. The van der Waals surface area contributed by atoms with E-state index in [-0.39, 0.29) is 24.8 Å². The van der Waals surface area contributed by atoms with Gasteiger partial charge < -0.3 is 10.2 Å². The Morgan fingerprint density at radius 3 is 2.81 bits per heavy atom. The Balaban J connectivity index is 0.00000169. The highest BCUT2D eigenvalue weighted by atomic mass is 35.5. The minimum Gasteiger partial charge on any atom is -0.338 e. The summed E-state index contributed by atoms with van der Waals surface area (Å²) >= 11 is 1.78. The monoisotopic (exact) mass is 417 g/mol. The number of unbranched alkanes of at least 4 members (excludes halogenated alkanes) is 1. The first kappa shape index (κ1) is 23.2. The molecule has 1 aromatic carbocycles. The molecule has 0 saturated carbocycles. The number of nitrogens with zero attached hydrogens (tertiary/aromatic N) is 2. The number of fused-ring (bicyclic) bond motifs is 1. The molecule has 26 heavy (non-hydrogen) atoms. The molecular formula is C19H29Cl2N3OS. The minimum absolute atomic E-state index is 0. The van der Waals surface area contributed by atoms with Gasteiger partial charge in [0.05, 0.1) is 15.2 Å². The highest BCUT2D eigenvalue weighted by Crippen LogP contribution is 2.23. The van der Waals surface area contributed by atoms with Gasteiger partial charge in [-0.25, -0.2) is 4.98 Å². The summed E-state index contributed by atoms with van der Waals surface area (Å²) in [5.41, 5.74) is 1.09. The molecule has 1 saturated heterocycles. The molecule has 1 fully saturated rings. The first-order valence-electron chi connectivity index (χ1n) is 9.12. The van der Waals surface area contributed by atoms with Crippen LogP contribution < -0.4 is 5.32 Å². The number of thiazole rings is 1. The third-order valence-corrected chi connectivity index (χ3v) is 5.73. The van der Waals surface area contributed by atoms with Gasteiger partial charge in [-0.1, -0.05) is 19.1 Å². The molecule has 146 valence electrons. The van der Waals surface area contributed by atoms with Crippen LogP contribution in [0, 0.1) is 0 Å². The Morgan fingerprint density at radius 2 is 2.12 bits per heavy atom. The molecule has 2 aromatic rings. The molecule has 1 unspecified atom stereocenters. The molecule has 0 aliphatic carbocycles. The van der Waals surface area contributed by atoms with Crippen LogP contribution in [0.15, 0.2) is 24.3 Å². The maximum absolute atomic E-state index is 12.6. The lowest BCUT2D eigenvalue weighted by atomic mass is 10.1. The van der Waals surface area contributed by atoms with E-state index in [9.17, 15) is 4.79 Å². The molecule has 4 nitrogen and oxygen atoms in total. The van der Waals surface area contributed by atoms with Crippen LogP contribution in [0.25, 0.3) is 10.2 Å². The first-order chi connectivity index (χ1) is 11.8. The molecule has 1 aliphatic heterocycles. The lowest BCUT2D eigenvalue weighted by molar-refractivity contribution is -0.133. The summed E-state index contributed by atoms with van der Waals surface area (Å²) in [6.45, 7) is 5.03. The third-order valence-electron chi connectivity index (χ3n) is 4.63. The average Bonchev–Trinajstić information content (AvgIpc) is 3.25. The predicted molar refractivity (Wildman–Crippen MR) is 115 cm³/mol. The highest BCUT2D eigenvalue weighted by Gasteiger charge is 2.25. The fourth-order valence-corrected chi connectivity index (χ4v) is 4.39. The van der Waals surface area contributed by atoms with E-state index in [1.54, 1.807) is 11.3 Å². The normalized spacial score (nSPS) is 16.1. The minimum atomic E-state index is 0. The molecular weight excluding hydrogens is 389 g/mol. The van der Waals surface area contributed by atoms with E-state index >= 15 is 0 Å². The van der Waals surface area contributed by atoms with Crippen molar-refractivity contribution in [2.24, 2.45) is 0 Å². The molecule has 1 amide bonds. The number of hydrogen-bond acceptors (Lipinski definition) is 4. The highest BCUT2D eigenvalue weighted by molar-refractivity contribution is 7.18. The van der Waals surface area contributed by atoms with Crippen molar-refractivity contribution in [1.82, 2.24) is 15.2 Å². The van der Waals surface area contributed by atoms with Crippen LogP contribution in [-0.2, 0) is 11.2 Å². The second kappa shape index (κ2) is 11.8. The molecule has 2 heterocycles. The van der Waals surface area contributed by atoms with E-state index in [0.29, 0.717) is 18.4 Å². The smallest absolute Gasteiger partial charge is 0.222 e. The number of carbonyl (C=O) groups excluding carboxylic acids is 1. The summed E-state index contributed by atoms with van der Waals surface area (Å²) in [4.78, 5) is 19.3. The quantitative estimate of drug-likeness (QED) is 0.644. The van der Waals surface area contributed by atoms with Crippen LogP contribution in [0.3, 0.4) is 0 Å². The van der Waals surface area contributed by atoms with Crippen molar-refractivity contribution in [2.75, 3.05) is 19.6 Å². The Labute approximate surface area is 172 Å². The number of aromatic nitrogens is 1.